The molecule has 0 unspecified atom stereocenters. The molecule has 1 aromatic carbocycles. The highest BCUT2D eigenvalue weighted by molar-refractivity contribution is 7.16. The van der Waals surface area contributed by atoms with E-state index in [1.165, 1.54) is 5.57 Å². The van der Waals surface area contributed by atoms with Crippen molar-refractivity contribution in [1.82, 2.24) is 24.8 Å². The number of fused-ring (bicyclic) bond motifs is 2. The molecule has 2 N–H and O–H groups in total. The molecule has 0 aliphatic carbocycles. The van der Waals surface area contributed by atoms with Crippen LogP contribution in [0, 0.1) is 0 Å². The Morgan fingerprint density at radius 1 is 1.19 bits per heavy atom. The van der Waals surface area contributed by atoms with Crippen molar-refractivity contribution in [1.29, 1.82) is 0 Å². The predicted molar refractivity (Wildman–Crippen MR) is 149 cm³/mol. The summed E-state index contributed by atoms with van der Waals surface area (Å²) in [6.07, 6.45) is 4.69. The van der Waals surface area contributed by atoms with Gasteiger partial charge in [-0.3, -0.25) is 4.90 Å². The molecular weight excluding hydrogens is 486 g/mol. The molecule has 10 heteroatoms. The van der Waals surface area contributed by atoms with Gasteiger partial charge in [-0.1, -0.05) is 6.08 Å². The zero-order chi connectivity index (χ0) is 25.2. The van der Waals surface area contributed by atoms with Crippen LogP contribution in [0.15, 0.2) is 53.1 Å². The number of nitrogens with one attached hydrogen (secondary N) is 2. The molecule has 5 heterocycles. The van der Waals surface area contributed by atoms with Crippen molar-refractivity contribution in [3.8, 4) is 0 Å². The number of morpholine rings is 1. The predicted octanol–water partition coefficient (Wildman–Crippen LogP) is 4.92. The molecule has 0 bridgehead atoms. The van der Waals surface area contributed by atoms with Gasteiger partial charge in [0.05, 0.1) is 34.6 Å². The monoisotopic (exact) mass is 515 g/mol. The summed E-state index contributed by atoms with van der Waals surface area (Å²) in [5, 5.41) is 4.57. The summed E-state index contributed by atoms with van der Waals surface area (Å²) in [5.74, 6) is 0. The van der Waals surface area contributed by atoms with Crippen LogP contribution in [0.1, 0.15) is 19.0 Å². The smallest absolute Gasteiger partial charge is 0.343 e. The average Bonchev–Trinajstić information content (AvgIpc) is 3.57. The SMILES string of the molecule is C/C(CN1CCOCC1)=N\C(=O)N1CC=C(c2cc3c(Nc4ccc5ncsc5c4)ccnc3[nH]2)CC1. The fraction of sp³-hybridized carbons (Fsp3) is 0.333. The van der Waals surface area contributed by atoms with Crippen molar-refractivity contribution in [2.45, 2.75) is 13.3 Å². The minimum absolute atomic E-state index is 0.163. The second-order valence-corrected chi connectivity index (χ2v) is 10.3. The van der Waals surface area contributed by atoms with Crippen LogP contribution in [0.25, 0.3) is 26.8 Å². The highest BCUT2D eigenvalue weighted by Crippen LogP contribution is 2.31. The van der Waals surface area contributed by atoms with Crippen molar-refractivity contribution in [3.05, 3.63) is 53.8 Å². The number of urea groups is 1. The standard InChI is InChI=1S/C27H29N7O2S/c1-18(16-33-10-12-36-13-11-33)30-27(35)34-8-5-19(6-9-34)24-15-21-22(4-7-28-26(21)32-24)31-20-2-3-23-25(14-20)37-17-29-23/h2-5,7,14-15,17H,6,8-13,16H2,1H3,(H2,28,31,32)/b30-18+. The largest absolute Gasteiger partial charge is 0.379 e. The maximum Gasteiger partial charge on any atom is 0.343 e. The van der Waals surface area contributed by atoms with E-state index in [9.17, 15) is 4.79 Å². The number of ether oxygens (including phenoxy) is 1. The lowest BCUT2D eigenvalue weighted by atomic mass is 10.0. The third-order valence-corrected chi connectivity index (χ3v) is 7.60. The van der Waals surface area contributed by atoms with Gasteiger partial charge < -0.3 is 19.9 Å². The van der Waals surface area contributed by atoms with E-state index < -0.39 is 0 Å². The number of hydrogen-bond acceptors (Lipinski definition) is 7. The van der Waals surface area contributed by atoms with Crippen molar-refractivity contribution < 1.29 is 9.53 Å². The summed E-state index contributed by atoms with van der Waals surface area (Å²) < 4.78 is 6.54. The first kappa shape index (κ1) is 23.8. The van der Waals surface area contributed by atoms with Crippen LogP contribution in [-0.2, 0) is 4.74 Å². The van der Waals surface area contributed by atoms with E-state index >= 15 is 0 Å². The quantitative estimate of drug-likeness (QED) is 0.366. The minimum atomic E-state index is -0.163. The Bertz CT molecular complexity index is 1500. The minimum Gasteiger partial charge on any atom is -0.379 e. The molecule has 0 saturated carbocycles. The van der Waals surface area contributed by atoms with Gasteiger partial charge in [0.15, 0.2) is 0 Å². The van der Waals surface area contributed by atoms with Gasteiger partial charge in [0.1, 0.15) is 5.65 Å². The van der Waals surface area contributed by atoms with Gasteiger partial charge in [-0.25, -0.2) is 19.8 Å². The molecule has 9 nitrogen and oxygen atoms in total. The molecule has 4 aromatic rings. The molecule has 3 aromatic heterocycles. The lowest BCUT2D eigenvalue weighted by Gasteiger charge is -2.27. The molecule has 37 heavy (non-hydrogen) atoms. The number of pyridine rings is 1. The van der Waals surface area contributed by atoms with Crippen LogP contribution in [0.3, 0.4) is 0 Å². The van der Waals surface area contributed by atoms with Crippen LogP contribution in [0.5, 0.6) is 0 Å². The van der Waals surface area contributed by atoms with Crippen molar-refractivity contribution in [2.75, 3.05) is 51.3 Å². The van der Waals surface area contributed by atoms with Gasteiger partial charge in [-0.2, -0.15) is 0 Å². The lowest BCUT2D eigenvalue weighted by molar-refractivity contribution is 0.0452. The van der Waals surface area contributed by atoms with Gasteiger partial charge in [0.25, 0.3) is 0 Å². The maximum absolute atomic E-state index is 12.8. The van der Waals surface area contributed by atoms with Gasteiger partial charge in [-0.15, -0.1) is 11.3 Å². The molecule has 1 fully saturated rings. The first-order valence-electron chi connectivity index (χ1n) is 12.5. The Kier molecular flexibility index (Phi) is 6.69. The Balaban J connectivity index is 1.14. The maximum atomic E-state index is 12.8. The van der Waals surface area contributed by atoms with Crippen LogP contribution in [0.4, 0.5) is 16.2 Å². The lowest BCUT2D eigenvalue weighted by Crippen LogP contribution is -2.39. The first-order valence-corrected chi connectivity index (χ1v) is 13.4. The third kappa shape index (κ3) is 5.27. The van der Waals surface area contributed by atoms with Gasteiger partial charge in [-0.05, 0) is 49.2 Å². The second-order valence-electron chi connectivity index (χ2n) is 9.41. The number of benzene rings is 1. The number of thiazole rings is 1. The number of rotatable bonds is 5. The molecule has 2 aliphatic rings. The van der Waals surface area contributed by atoms with E-state index in [1.807, 2.05) is 36.8 Å². The van der Waals surface area contributed by atoms with Crippen molar-refractivity contribution >= 4 is 61.3 Å². The van der Waals surface area contributed by atoms with Crippen molar-refractivity contribution in [2.24, 2.45) is 4.99 Å². The normalized spacial score (nSPS) is 17.4. The zero-order valence-electron chi connectivity index (χ0n) is 20.7. The number of anilines is 2. The van der Waals surface area contributed by atoms with Crippen LogP contribution in [0.2, 0.25) is 0 Å². The third-order valence-electron chi connectivity index (χ3n) is 6.81. The van der Waals surface area contributed by atoms with Crippen LogP contribution < -0.4 is 5.32 Å². The van der Waals surface area contributed by atoms with Gasteiger partial charge in [0, 0.05) is 61.4 Å². The Morgan fingerprint density at radius 3 is 2.92 bits per heavy atom. The summed E-state index contributed by atoms with van der Waals surface area (Å²) in [6, 6.07) is 10.2. The number of amides is 2. The van der Waals surface area contributed by atoms with E-state index in [0.29, 0.717) is 19.6 Å². The van der Waals surface area contributed by atoms with E-state index in [-0.39, 0.29) is 6.03 Å². The topological polar surface area (TPSA) is 98.7 Å². The number of hydrogen-bond donors (Lipinski definition) is 2. The zero-order valence-corrected chi connectivity index (χ0v) is 21.6. The Morgan fingerprint density at radius 2 is 2.08 bits per heavy atom. The molecule has 0 atom stereocenters. The Labute approximate surface area is 218 Å². The highest BCUT2D eigenvalue weighted by atomic mass is 32.1. The number of nitrogens with zero attached hydrogens (tertiary/aromatic N) is 5. The van der Waals surface area contributed by atoms with Crippen LogP contribution >= 0.6 is 11.3 Å². The number of carbonyl (C=O) groups excluding carboxylic acids is 1. The number of aliphatic imine (C=N–C) groups is 1. The van der Waals surface area contributed by atoms with E-state index in [1.54, 1.807) is 16.2 Å². The first-order chi connectivity index (χ1) is 18.1. The van der Waals surface area contributed by atoms with Gasteiger partial charge in [0.2, 0.25) is 0 Å². The van der Waals surface area contributed by atoms with E-state index in [4.69, 9.17) is 4.74 Å². The molecular formula is C27H29N7O2S. The Hall–Kier alpha value is -3.60. The second kappa shape index (κ2) is 10.4. The molecule has 1 saturated heterocycles. The fourth-order valence-electron chi connectivity index (χ4n) is 4.84. The number of aromatic nitrogens is 3. The summed E-state index contributed by atoms with van der Waals surface area (Å²) >= 11 is 1.63. The molecule has 2 aliphatic heterocycles. The highest BCUT2D eigenvalue weighted by Gasteiger charge is 2.20. The molecule has 0 spiro atoms. The number of H-pyrrole nitrogens is 1. The molecule has 6 rings (SSSR count). The van der Waals surface area contributed by atoms with E-state index in [2.05, 4.69) is 48.4 Å². The molecule has 0 radical (unpaired) electrons. The summed E-state index contributed by atoms with van der Waals surface area (Å²) in [7, 11) is 0. The molecule has 2 amide bonds. The average molecular weight is 516 g/mol. The number of aromatic amines is 1. The summed E-state index contributed by atoms with van der Waals surface area (Å²) in [5.41, 5.74) is 8.79. The van der Waals surface area contributed by atoms with Gasteiger partial charge >= 0.3 is 6.03 Å². The van der Waals surface area contributed by atoms with Crippen LogP contribution in [-0.4, -0.2) is 82.4 Å². The summed E-state index contributed by atoms with van der Waals surface area (Å²) in [6.45, 7) is 7.07. The van der Waals surface area contributed by atoms with E-state index in [0.717, 1.165) is 76.8 Å². The summed E-state index contributed by atoms with van der Waals surface area (Å²) in [4.78, 5) is 33.5. The van der Waals surface area contributed by atoms with Crippen molar-refractivity contribution in [3.63, 3.8) is 0 Å². The fourth-order valence-corrected chi connectivity index (χ4v) is 5.55. The number of carbonyl (C=O) groups is 1. The molecule has 190 valence electrons.